The summed E-state index contributed by atoms with van der Waals surface area (Å²) in [5, 5.41) is 3.74. The van der Waals surface area contributed by atoms with E-state index in [0.717, 1.165) is 22.2 Å². The lowest BCUT2D eigenvalue weighted by Gasteiger charge is -2.18. The fourth-order valence-electron chi connectivity index (χ4n) is 3.54. The fraction of sp³-hybridized carbons (Fsp3) is 0.208. The molecule has 1 aromatic carbocycles. The largest absolute Gasteiger partial charge is 0.361 e. The highest BCUT2D eigenvalue weighted by atomic mass is 16.2. The molecular formula is C24H25N7O2. The molecule has 4 aromatic rings. The first-order valence-electron chi connectivity index (χ1n) is 10.7. The van der Waals surface area contributed by atoms with Gasteiger partial charge in [0.15, 0.2) is 5.82 Å². The molecule has 9 nitrogen and oxygen atoms in total. The number of aromatic amines is 1. The van der Waals surface area contributed by atoms with Crippen LogP contribution in [0.3, 0.4) is 0 Å². The summed E-state index contributed by atoms with van der Waals surface area (Å²) in [4.78, 5) is 41.2. The molecule has 33 heavy (non-hydrogen) atoms. The zero-order chi connectivity index (χ0) is 23.2. The number of hydrogen-bond acceptors (Lipinski definition) is 6. The van der Waals surface area contributed by atoms with Crippen molar-refractivity contribution in [3.05, 3.63) is 72.2 Å². The zero-order valence-corrected chi connectivity index (χ0v) is 18.4. The van der Waals surface area contributed by atoms with Gasteiger partial charge < -0.3 is 10.3 Å². The van der Waals surface area contributed by atoms with Crippen molar-refractivity contribution in [1.29, 1.82) is 0 Å². The van der Waals surface area contributed by atoms with Gasteiger partial charge in [0.2, 0.25) is 5.91 Å². The molecule has 168 valence electrons. The number of nitrogens with one attached hydrogen (secondary N) is 4. The van der Waals surface area contributed by atoms with Gasteiger partial charge in [-0.2, -0.15) is 0 Å². The summed E-state index contributed by atoms with van der Waals surface area (Å²) >= 11 is 0. The minimum absolute atomic E-state index is 0.289. The summed E-state index contributed by atoms with van der Waals surface area (Å²) in [6.45, 7) is 3.38. The Balaban J connectivity index is 1.51. The number of rotatable bonds is 8. The van der Waals surface area contributed by atoms with Crippen molar-refractivity contribution in [3.63, 3.8) is 0 Å². The molecule has 4 rings (SSSR count). The van der Waals surface area contributed by atoms with Gasteiger partial charge in [-0.25, -0.2) is 9.97 Å². The first kappa shape index (κ1) is 21.9. The van der Waals surface area contributed by atoms with Gasteiger partial charge in [0, 0.05) is 48.4 Å². The third-order valence-corrected chi connectivity index (χ3v) is 5.14. The Morgan fingerprint density at radius 1 is 1.09 bits per heavy atom. The van der Waals surface area contributed by atoms with E-state index >= 15 is 0 Å². The molecule has 3 heterocycles. The number of aryl methyl sites for hydroxylation is 1. The van der Waals surface area contributed by atoms with Crippen LogP contribution < -0.4 is 16.2 Å². The molecule has 0 spiro atoms. The topological polar surface area (TPSA) is 125 Å². The minimum Gasteiger partial charge on any atom is -0.361 e. The SMILES string of the molecule is CCc1cc(NNC(=O)C(Cc2c[nH]c3ccccc23)NC(C)=O)nc(-c2ccccn2)n1. The molecule has 0 aliphatic heterocycles. The number of hydrazine groups is 1. The number of carbonyl (C=O) groups excluding carboxylic acids is 2. The number of nitrogens with zero attached hydrogens (tertiary/aromatic N) is 3. The summed E-state index contributed by atoms with van der Waals surface area (Å²) in [6, 6.07) is 14.3. The second-order valence-electron chi connectivity index (χ2n) is 7.57. The molecule has 0 saturated heterocycles. The Hall–Kier alpha value is -4.27. The van der Waals surface area contributed by atoms with Crippen LogP contribution in [-0.4, -0.2) is 37.8 Å². The monoisotopic (exact) mass is 443 g/mol. The van der Waals surface area contributed by atoms with E-state index in [1.54, 1.807) is 12.3 Å². The molecule has 0 fully saturated rings. The predicted octanol–water partition coefficient (Wildman–Crippen LogP) is 2.77. The van der Waals surface area contributed by atoms with E-state index < -0.39 is 6.04 Å². The molecule has 0 aliphatic carbocycles. The van der Waals surface area contributed by atoms with E-state index in [1.165, 1.54) is 6.92 Å². The number of para-hydroxylation sites is 1. The number of H-pyrrole nitrogens is 1. The number of fused-ring (bicyclic) bond motifs is 1. The normalized spacial score (nSPS) is 11.7. The van der Waals surface area contributed by atoms with Crippen LogP contribution in [0, 0.1) is 0 Å². The maximum Gasteiger partial charge on any atom is 0.261 e. The van der Waals surface area contributed by atoms with Crippen molar-refractivity contribution in [1.82, 2.24) is 30.7 Å². The molecule has 2 amide bonds. The van der Waals surface area contributed by atoms with Gasteiger partial charge >= 0.3 is 0 Å². The van der Waals surface area contributed by atoms with Crippen LogP contribution in [0.4, 0.5) is 5.82 Å². The third-order valence-electron chi connectivity index (χ3n) is 5.14. The molecule has 0 radical (unpaired) electrons. The van der Waals surface area contributed by atoms with Crippen molar-refractivity contribution in [2.24, 2.45) is 0 Å². The van der Waals surface area contributed by atoms with Crippen LogP contribution in [0.25, 0.3) is 22.4 Å². The second kappa shape index (κ2) is 9.90. The van der Waals surface area contributed by atoms with Gasteiger partial charge in [-0.15, -0.1) is 0 Å². The van der Waals surface area contributed by atoms with E-state index in [4.69, 9.17) is 0 Å². The number of aromatic nitrogens is 4. The Bertz CT molecular complexity index is 1270. The summed E-state index contributed by atoms with van der Waals surface area (Å²) in [6.07, 6.45) is 4.56. The van der Waals surface area contributed by atoms with Crippen molar-refractivity contribution in [3.8, 4) is 11.5 Å². The highest BCUT2D eigenvalue weighted by molar-refractivity contribution is 5.89. The number of pyridine rings is 1. The first-order valence-corrected chi connectivity index (χ1v) is 10.7. The van der Waals surface area contributed by atoms with Crippen molar-refractivity contribution < 1.29 is 9.59 Å². The number of amides is 2. The second-order valence-corrected chi connectivity index (χ2v) is 7.57. The van der Waals surface area contributed by atoms with E-state index in [1.807, 2.05) is 55.6 Å². The molecule has 1 unspecified atom stereocenters. The van der Waals surface area contributed by atoms with Gasteiger partial charge in [0.1, 0.15) is 17.6 Å². The maximum absolute atomic E-state index is 13.0. The third kappa shape index (κ3) is 5.32. The quantitative estimate of drug-likeness (QED) is 0.310. The number of anilines is 1. The van der Waals surface area contributed by atoms with Crippen LogP contribution in [0.15, 0.2) is 60.9 Å². The van der Waals surface area contributed by atoms with Crippen molar-refractivity contribution >= 4 is 28.5 Å². The molecule has 0 bridgehead atoms. The lowest BCUT2D eigenvalue weighted by molar-refractivity contribution is -0.127. The van der Waals surface area contributed by atoms with Crippen LogP contribution in [0.5, 0.6) is 0 Å². The lowest BCUT2D eigenvalue weighted by Crippen LogP contribution is -2.49. The molecule has 9 heteroatoms. The Labute approximate surface area is 191 Å². The van der Waals surface area contributed by atoms with E-state index in [2.05, 4.69) is 36.1 Å². The average Bonchev–Trinajstić information content (AvgIpc) is 3.25. The van der Waals surface area contributed by atoms with E-state index in [-0.39, 0.29) is 11.8 Å². The zero-order valence-electron chi connectivity index (χ0n) is 18.4. The number of carbonyl (C=O) groups is 2. The fourth-order valence-corrected chi connectivity index (χ4v) is 3.54. The van der Waals surface area contributed by atoms with Gasteiger partial charge in [0.05, 0.1) is 0 Å². The summed E-state index contributed by atoms with van der Waals surface area (Å²) in [7, 11) is 0. The molecule has 0 aliphatic rings. The smallest absolute Gasteiger partial charge is 0.261 e. The van der Waals surface area contributed by atoms with Gasteiger partial charge in [-0.05, 0) is 30.2 Å². The Morgan fingerprint density at radius 3 is 2.67 bits per heavy atom. The maximum atomic E-state index is 13.0. The predicted molar refractivity (Wildman–Crippen MR) is 126 cm³/mol. The van der Waals surface area contributed by atoms with Crippen molar-refractivity contribution in [2.75, 3.05) is 5.43 Å². The minimum atomic E-state index is -0.767. The summed E-state index contributed by atoms with van der Waals surface area (Å²) in [5.74, 6) is 0.225. The van der Waals surface area contributed by atoms with Gasteiger partial charge in [-0.3, -0.25) is 25.4 Å². The van der Waals surface area contributed by atoms with Crippen molar-refractivity contribution in [2.45, 2.75) is 32.7 Å². The molecule has 0 saturated carbocycles. The van der Waals surface area contributed by atoms with Gasteiger partial charge in [-0.1, -0.05) is 31.2 Å². The van der Waals surface area contributed by atoms with E-state index in [0.29, 0.717) is 30.2 Å². The number of benzene rings is 1. The van der Waals surface area contributed by atoms with Gasteiger partial charge in [0.25, 0.3) is 5.91 Å². The molecule has 3 aromatic heterocycles. The Morgan fingerprint density at radius 2 is 1.91 bits per heavy atom. The summed E-state index contributed by atoms with van der Waals surface area (Å²) in [5.41, 5.74) is 8.89. The molecule has 1 atom stereocenters. The summed E-state index contributed by atoms with van der Waals surface area (Å²) < 4.78 is 0. The van der Waals surface area contributed by atoms with Crippen LogP contribution in [0.1, 0.15) is 25.1 Å². The molecule has 4 N–H and O–H groups in total. The first-order chi connectivity index (χ1) is 16.0. The molecular weight excluding hydrogens is 418 g/mol. The number of hydrogen-bond donors (Lipinski definition) is 4. The lowest BCUT2D eigenvalue weighted by atomic mass is 10.0. The highest BCUT2D eigenvalue weighted by Crippen LogP contribution is 2.19. The van der Waals surface area contributed by atoms with Crippen LogP contribution >= 0.6 is 0 Å². The highest BCUT2D eigenvalue weighted by Gasteiger charge is 2.21. The Kier molecular flexibility index (Phi) is 6.58. The van der Waals surface area contributed by atoms with E-state index in [9.17, 15) is 9.59 Å². The van der Waals surface area contributed by atoms with Crippen LogP contribution in [-0.2, 0) is 22.4 Å². The average molecular weight is 444 g/mol. The standard InChI is InChI=1S/C24H25N7O2/c1-3-17-13-22(29-23(28-17)20-10-6-7-11-25-20)30-31-24(33)21(27-15(2)32)12-16-14-26-19-9-5-4-8-18(16)19/h4-11,13-14,21,26H,3,12H2,1-2H3,(H,27,32)(H,31,33)(H,28,29,30). The van der Waals surface area contributed by atoms with Crippen LogP contribution in [0.2, 0.25) is 0 Å².